The van der Waals surface area contributed by atoms with Crippen LogP contribution in [-0.2, 0) is 0 Å². The van der Waals surface area contributed by atoms with Gasteiger partial charge in [-0.1, -0.05) is 0 Å². The second-order valence-electron chi connectivity index (χ2n) is 2.29. The van der Waals surface area contributed by atoms with E-state index >= 15 is 0 Å². The van der Waals surface area contributed by atoms with Crippen molar-refractivity contribution in [2.75, 3.05) is 0 Å². The van der Waals surface area contributed by atoms with E-state index in [2.05, 4.69) is 0 Å². The van der Waals surface area contributed by atoms with E-state index in [9.17, 15) is 19.7 Å². The Morgan fingerprint density at radius 3 is 2.57 bits per heavy atom. The molecular weight excluding hydrogens is 196 g/mol. The molecule has 0 bridgehead atoms. The molecule has 0 aliphatic heterocycles. The molecule has 0 atom stereocenters. The number of carboxylic acid groups (broad SMARTS) is 1. The first kappa shape index (κ1) is 9.71. The molecule has 0 aromatic carbocycles. The molecule has 1 heterocycles. The van der Waals surface area contributed by atoms with E-state index in [0.29, 0.717) is 6.20 Å². The lowest BCUT2D eigenvalue weighted by Gasteiger charge is -1.98. The molecule has 0 unspecified atom stereocenters. The van der Waals surface area contributed by atoms with Crippen molar-refractivity contribution in [3.8, 4) is 0 Å². The van der Waals surface area contributed by atoms with Gasteiger partial charge in [-0.05, 0) is 0 Å². The summed E-state index contributed by atoms with van der Waals surface area (Å²) < 4.78 is -0.0313. The van der Waals surface area contributed by atoms with Crippen LogP contribution in [0.3, 0.4) is 0 Å². The molecule has 0 spiro atoms. The summed E-state index contributed by atoms with van der Waals surface area (Å²) >= 11 is 0. The fourth-order valence-corrected chi connectivity index (χ4v) is 0.870. The van der Waals surface area contributed by atoms with Gasteiger partial charge in [-0.25, -0.2) is 4.79 Å². The Morgan fingerprint density at radius 2 is 2.14 bits per heavy atom. The molecule has 0 radical (unpaired) electrons. The van der Waals surface area contributed by atoms with Crippen molar-refractivity contribution in [2.45, 2.75) is 0 Å². The van der Waals surface area contributed by atoms with Crippen LogP contribution >= 0.6 is 0 Å². The Morgan fingerprint density at radius 1 is 1.57 bits per heavy atom. The molecule has 8 nitrogen and oxygen atoms in total. The molecule has 1 aromatic rings. The second kappa shape index (κ2) is 3.17. The van der Waals surface area contributed by atoms with Crippen molar-refractivity contribution in [1.29, 1.82) is 0 Å². The Kier molecular flexibility index (Phi) is 2.19. The lowest BCUT2D eigenvalue weighted by molar-refractivity contribution is -0.385. The Hall–Kier alpha value is -2.38. The highest BCUT2D eigenvalue weighted by Gasteiger charge is 2.24. The molecular formula is C6H4N2O6. The molecule has 0 fully saturated rings. The summed E-state index contributed by atoms with van der Waals surface area (Å²) in [6, 6.07) is 0.727. The highest BCUT2D eigenvalue weighted by molar-refractivity contribution is 5.91. The minimum atomic E-state index is -1.76. The van der Waals surface area contributed by atoms with Crippen LogP contribution in [0.15, 0.2) is 17.1 Å². The van der Waals surface area contributed by atoms with Crippen LogP contribution < -0.4 is 5.56 Å². The van der Waals surface area contributed by atoms with Crippen LogP contribution in [0.4, 0.5) is 5.69 Å². The SMILES string of the molecule is O=C(O)c1c([N+](=O)[O-])ccn(O)c1=O. The van der Waals surface area contributed by atoms with E-state index in [4.69, 9.17) is 10.3 Å². The van der Waals surface area contributed by atoms with Gasteiger partial charge < -0.3 is 10.3 Å². The molecule has 1 aromatic heterocycles. The zero-order valence-electron chi connectivity index (χ0n) is 6.58. The number of hydrogen-bond acceptors (Lipinski definition) is 5. The van der Waals surface area contributed by atoms with Crippen molar-refractivity contribution >= 4 is 11.7 Å². The van der Waals surface area contributed by atoms with Crippen LogP contribution in [0.2, 0.25) is 0 Å². The lowest BCUT2D eigenvalue weighted by atomic mass is 10.2. The van der Waals surface area contributed by atoms with Crippen LogP contribution in [-0.4, -0.2) is 25.9 Å². The first-order valence-corrected chi connectivity index (χ1v) is 3.27. The van der Waals surface area contributed by atoms with Gasteiger partial charge in [0.15, 0.2) is 0 Å². The molecule has 14 heavy (non-hydrogen) atoms. The fourth-order valence-electron chi connectivity index (χ4n) is 0.870. The summed E-state index contributed by atoms with van der Waals surface area (Å²) in [4.78, 5) is 30.7. The van der Waals surface area contributed by atoms with Gasteiger partial charge in [0.05, 0.1) is 11.1 Å². The number of carboxylic acids is 1. The normalized spacial score (nSPS) is 9.71. The van der Waals surface area contributed by atoms with Crippen LogP contribution in [0.25, 0.3) is 0 Å². The highest BCUT2D eigenvalue weighted by atomic mass is 16.6. The Balaban J connectivity index is 3.62. The molecule has 0 aliphatic carbocycles. The van der Waals surface area contributed by atoms with Crippen LogP contribution in [0.5, 0.6) is 0 Å². The fraction of sp³-hybridized carbons (Fsp3) is 0. The number of pyridine rings is 1. The molecule has 0 saturated heterocycles. The van der Waals surface area contributed by atoms with Crippen molar-refractivity contribution < 1.29 is 20.0 Å². The maximum absolute atomic E-state index is 11.0. The first-order valence-electron chi connectivity index (χ1n) is 3.27. The van der Waals surface area contributed by atoms with Crippen molar-refractivity contribution in [3.05, 3.63) is 38.3 Å². The summed E-state index contributed by atoms with van der Waals surface area (Å²) in [5.41, 5.74) is -3.26. The van der Waals surface area contributed by atoms with E-state index in [1.165, 1.54) is 0 Å². The summed E-state index contributed by atoms with van der Waals surface area (Å²) in [6.07, 6.45) is 0.701. The molecule has 0 saturated carbocycles. The van der Waals surface area contributed by atoms with E-state index in [-0.39, 0.29) is 4.73 Å². The summed E-state index contributed by atoms with van der Waals surface area (Å²) in [5.74, 6) is -1.76. The molecule has 0 amide bonds. The quantitative estimate of drug-likeness (QED) is 0.383. The molecule has 0 aliphatic rings. The predicted octanol–water partition coefficient (Wildman–Crippen LogP) is -0.308. The van der Waals surface area contributed by atoms with Gasteiger partial charge in [0, 0.05) is 6.07 Å². The minimum absolute atomic E-state index is 0.0313. The maximum atomic E-state index is 11.0. The number of aromatic carboxylic acids is 1. The average Bonchev–Trinajstić information content (AvgIpc) is 2.08. The smallest absolute Gasteiger partial charge is 0.348 e. The average molecular weight is 200 g/mol. The predicted molar refractivity (Wildman–Crippen MR) is 41.5 cm³/mol. The number of rotatable bonds is 2. The minimum Gasteiger partial charge on any atom is -0.477 e. The summed E-state index contributed by atoms with van der Waals surface area (Å²) in [7, 11) is 0. The second-order valence-corrected chi connectivity index (χ2v) is 2.29. The van der Waals surface area contributed by atoms with Gasteiger partial charge in [-0.2, -0.15) is 4.73 Å². The van der Waals surface area contributed by atoms with Crippen molar-refractivity contribution in [1.82, 2.24) is 4.73 Å². The maximum Gasteiger partial charge on any atom is 0.348 e. The van der Waals surface area contributed by atoms with E-state index in [1.54, 1.807) is 0 Å². The zero-order chi connectivity index (χ0) is 10.9. The largest absolute Gasteiger partial charge is 0.477 e. The van der Waals surface area contributed by atoms with E-state index in [0.717, 1.165) is 6.07 Å². The van der Waals surface area contributed by atoms with Gasteiger partial charge >= 0.3 is 11.5 Å². The zero-order valence-corrected chi connectivity index (χ0v) is 6.58. The van der Waals surface area contributed by atoms with E-state index < -0.39 is 27.7 Å². The van der Waals surface area contributed by atoms with E-state index in [1.807, 2.05) is 0 Å². The number of carbonyl (C=O) groups is 1. The van der Waals surface area contributed by atoms with Crippen molar-refractivity contribution in [3.63, 3.8) is 0 Å². The third-order valence-corrected chi connectivity index (χ3v) is 1.46. The Labute approximate surface area is 75.7 Å². The van der Waals surface area contributed by atoms with Gasteiger partial charge in [-0.15, -0.1) is 0 Å². The third kappa shape index (κ3) is 1.40. The van der Waals surface area contributed by atoms with Gasteiger partial charge in [0.2, 0.25) is 5.56 Å². The van der Waals surface area contributed by atoms with Gasteiger partial charge in [0.1, 0.15) is 0 Å². The summed E-state index contributed by atoms with van der Waals surface area (Å²) in [5, 5.41) is 27.6. The standard InChI is InChI=1S/C6H4N2O6/c9-5-4(6(10)11)3(8(13)14)1-2-7(5)12/h1-2,12H,(H,10,11). The molecule has 74 valence electrons. The number of hydrogen-bond donors (Lipinski definition) is 2. The topological polar surface area (TPSA) is 123 Å². The van der Waals surface area contributed by atoms with Crippen molar-refractivity contribution in [2.24, 2.45) is 0 Å². The van der Waals surface area contributed by atoms with Gasteiger partial charge in [-0.3, -0.25) is 14.9 Å². The number of nitrogens with zero attached hydrogens (tertiary/aromatic N) is 2. The number of aromatic nitrogens is 1. The number of nitro groups is 1. The Bertz CT molecular complexity index is 462. The van der Waals surface area contributed by atoms with Gasteiger partial charge in [0.25, 0.3) is 5.69 Å². The van der Waals surface area contributed by atoms with Crippen LogP contribution in [0.1, 0.15) is 10.4 Å². The highest BCUT2D eigenvalue weighted by Crippen LogP contribution is 2.12. The lowest BCUT2D eigenvalue weighted by Crippen LogP contribution is -2.25. The molecule has 2 N–H and O–H groups in total. The van der Waals surface area contributed by atoms with Crippen LogP contribution in [0, 0.1) is 10.1 Å². The summed E-state index contributed by atoms with van der Waals surface area (Å²) in [6.45, 7) is 0. The molecule has 1 rings (SSSR count). The third-order valence-electron chi connectivity index (χ3n) is 1.46. The molecule has 8 heteroatoms. The first-order chi connectivity index (χ1) is 6.45. The monoisotopic (exact) mass is 200 g/mol.